The van der Waals surface area contributed by atoms with E-state index >= 15 is 0 Å². The summed E-state index contributed by atoms with van der Waals surface area (Å²) in [4.78, 5) is 21.6. The van der Waals surface area contributed by atoms with Crippen LogP contribution in [0.1, 0.15) is 12.1 Å². The minimum absolute atomic E-state index is 0.120. The summed E-state index contributed by atoms with van der Waals surface area (Å²) in [6, 6.07) is 4.19. The van der Waals surface area contributed by atoms with Crippen molar-refractivity contribution in [2.45, 2.75) is 25.2 Å². The Morgan fingerprint density at radius 2 is 2.10 bits per heavy atom. The van der Waals surface area contributed by atoms with Crippen LogP contribution < -0.4 is 20.1 Å². The van der Waals surface area contributed by atoms with Gasteiger partial charge in [0.25, 0.3) is 0 Å². The van der Waals surface area contributed by atoms with E-state index in [-0.39, 0.29) is 35.9 Å². The Balaban J connectivity index is 1.14. The molecule has 1 aliphatic carbocycles. The van der Waals surface area contributed by atoms with Crippen molar-refractivity contribution in [1.82, 2.24) is 14.5 Å². The van der Waals surface area contributed by atoms with Crippen LogP contribution in [0, 0.1) is 5.92 Å². The van der Waals surface area contributed by atoms with Crippen molar-refractivity contribution in [3.8, 4) is 11.6 Å². The molecule has 2 atom stereocenters. The number of hydrogen-bond donors (Lipinski definition) is 0. The maximum absolute atomic E-state index is 12.7. The fourth-order valence-corrected chi connectivity index (χ4v) is 3.93. The van der Waals surface area contributed by atoms with Crippen LogP contribution >= 0.6 is 0 Å². The fraction of sp³-hybridized carbons (Fsp3) is 0.450. The van der Waals surface area contributed by atoms with E-state index in [1.165, 1.54) is 6.07 Å². The lowest BCUT2D eigenvalue weighted by Gasteiger charge is -2.25. The van der Waals surface area contributed by atoms with Crippen LogP contribution in [0.4, 0.5) is 19.0 Å². The number of alkyl halides is 3. The van der Waals surface area contributed by atoms with Gasteiger partial charge in [0.05, 0.1) is 25.8 Å². The first-order valence-electron chi connectivity index (χ1n) is 9.81. The Morgan fingerprint density at radius 3 is 2.90 bits per heavy atom. The van der Waals surface area contributed by atoms with Crippen molar-refractivity contribution in [2.75, 3.05) is 31.5 Å². The third kappa shape index (κ3) is 3.97. The number of anilines is 1. The van der Waals surface area contributed by atoms with Crippen LogP contribution in [-0.4, -0.2) is 47.1 Å². The van der Waals surface area contributed by atoms with E-state index in [9.17, 15) is 18.0 Å². The number of aromatic nitrogens is 3. The van der Waals surface area contributed by atoms with Crippen LogP contribution in [-0.2, 0) is 17.5 Å². The topological polar surface area (TPSA) is 78.7 Å². The minimum atomic E-state index is -4.51. The lowest BCUT2D eigenvalue weighted by Crippen LogP contribution is -2.26. The predicted octanol–water partition coefficient (Wildman–Crippen LogP) is 2.24. The van der Waals surface area contributed by atoms with Gasteiger partial charge < -0.3 is 19.1 Å². The number of nitrogens with zero attached hydrogens (tertiary/aromatic N) is 4. The van der Waals surface area contributed by atoms with Gasteiger partial charge in [-0.15, -0.1) is 0 Å². The van der Waals surface area contributed by atoms with E-state index in [2.05, 4.69) is 9.97 Å². The monoisotopic (exact) mass is 436 g/mol. The highest BCUT2D eigenvalue weighted by molar-refractivity contribution is 5.47. The van der Waals surface area contributed by atoms with E-state index in [0.717, 1.165) is 23.7 Å². The van der Waals surface area contributed by atoms with Gasteiger partial charge in [0.2, 0.25) is 5.88 Å². The molecule has 164 valence electrons. The first-order valence-corrected chi connectivity index (χ1v) is 9.81. The second-order valence-corrected chi connectivity index (χ2v) is 7.73. The number of halogens is 3. The zero-order valence-corrected chi connectivity index (χ0v) is 16.3. The third-order valence-corrected chi connectivity index (χ3v) is 5.52. The Morgan fingerprint density at radius 1 is 1.26 bits per heavy atom. The second kappa shape index (κ2) is 7.56. The number of pyridine rings is 1. The van der Waals surface area contributed by atoms with Crippen molar-refractivity contribution in [3.63, 3.8) is 0 Å². The third-order valence-electron chi connectivity index (χ3n) is 5.52. The van der Waals surface area contributed by atoms with Gasteiger partial charge in [-0.3, -0.25) is 9.55 Å². The molecule has 2 aromatic rings. The maximum Gasteiger partial charge on any atom is 0.433 e. The second-order valence-electron chi connectivity index (χ2n) is 7.73. The van der Waals surface area contributed by atoms with Crippen LogP contribution in [0.15, 0.2) is 40.8 Å². The summed E-state index contributed by atoms with van der Waals surface area (Å²) in [5.41, 5.74) is -0.350. The number of hydrogen-bond acceptors (Lipinski definition) is 7. The van der Waals surface area contributed by atoms with Crippen molar-refractivity contribution in [2.24, 2.45) is 5.92 Å². The summed E-state index contributed by atoms with van der Waals surface area (Å²) in [6.45, 7) is 2.16. The Kier molecular flexibility index (Phi) is 4.84. The van der Waals surface area contributed by atoms with Crippen molar-refractivity contribution in [1.29, 1.82) is 0 Å². The van der Waals surface area contributed by atoms with E-state index in [1.807, 2.05) is 11.0 Å². The molecule has 0 radical (unpaired) electrons. The SMILES string of the molecule is O=c1nc(OCC2C=C(COc3ccnc(C(F)(F)F)c3)C2)cc2n1C[C@H]1COCN21. The standard InChI is InChI=1S/C20H19F3N4O4/c21-20(22,23)16-5-15(1-2-24-16)30-8-12-3-13(4-12)9-31-17-6-18-26(19(28)25-17)7-14-10-29-11-27(14)18/h1-3,5-6,13-14H,4,7-11H2/t13?,14-/m0/s1. The maximum atomic E-state index is 12.7. The lowest BCUT2D eigenvalue weighted by molar-refractivity contribution is -0.141. The highest BCUT2D eigenvalue weighted by Crippen LogP contribution is 2.32. The number of fused-ring (bicyclic) bond motifs is 3. The molecule has 8 nitrogen and oxygen atoms in total. The zero-order valence-electron chi connectivity index (χ0n) is 16.3. The molecule has 0 amide bonds. The molecule has 5 rings (SSSR count). The average molecular weight is 436 g/mol. The molecule has 1 saturated heterocycles. The summed E-state index contributed by atoms with van der Waals surface area (Å²) in [6.07, 6.45) is -0.777. The van der Waals surface area contributed by atoms with Crippen LogP contribution in [0.2, 0.25) is 0 Å². The molecule has 2 aliphatic heterocycles. The first-order chi connectivity index (χ1) is 14.9. The first kappa shape index (κ1) is 19.9. The van der Waals surface area contributed by atoms with Crippen LogP contribution in [0.25, 0.3) is 0 Å². The van der Waals surface area contributed by atoms with Crippen molar-refractivity contribution < 1.29 is 27.4 Å². The Hall–Kier alpha value is -3.08. The summed E-state index contributed by atoms with van der Waals surface area (Å²) in [5, 5.41) is 0. The van der Waals surface area contributed by atoms with Gasteiger partial charge in [-0.1, -0.05) is 6.08 Å². The van der Waals surface area contributed by atoms with E-state index in [1.54, 1.807) is 10.6 Å². The van der Waals surface area contributed by atoms with Crippen molar-refractivity contribution in [3.05, 3.63) is 52.2 Å². The van der Waals surface area contributed by atoms with Gasteiger partial charge in [0.15, 0.2) is 0 Å². The molecule has 0 spiro atoms. The molecule has 0 bridgehead atoms. The molecule has 0 N–H and O–H groups in total. The quantitative estimate of drug-likeness (QED) is 0.643. The normalized spacial score (nSPS) is 21.9. The lowest BCUT2D eigenvalue weighted by atomic mass is 9.87. The highest BCUT2D eigenvalue weighted by Gasteiger charge is 2.35. The van der Waals surface area contributed by atoms with Gasteiger partial charge in [-0.2, -0.15) is 18.2 Å². The molecule has 0 saturated carbocycles. The highest BCUT2D eigenvalue weighted by atomic mass is 19.4. The van der Waals surface area contributed by atoms with Crippen LogP contribution in [0.3, 0.4) is 0 Å². The molecule has 1 fully saturated rings. The van der Waals surface area contributed by atoms with Crippen molar-refractivity contribution >= 4 is 5.82 Å². The van der Waals surface area contributed by atoms with E-state index < -0.39 is 11.9 Å². The van der Waals surface area contributed by atoms with Gasteiger partial charge in [0.1, 0.15) is 30.6 Å². The molecule has 2 aromatic heterocycles. The molecule has 3 aliphatic rings. The average Bonchev–Trinajstić information content (AvgIpc) is 3.28. The molecule has 0 aromatic carbocycles. The van der Waals surface area contributed by atoms with Gasteiger partial charge in [0, 0.05) is 24.2 Å². The van der Waals surface area contributed by atoms with Crippen LogP contribution in [0.5, 0.6) is 11.6 Å². The van der Waals surface area contributed by atoms with E-state index in [4.69, 9.17) is 14.2 Å². The predicted molar refractivity (Wildman–Crippen MR) is 102 cm³/mol. The smallest absolute Gasteiger partial charge is 0.433 e. The zero-order chi connectivity index (χ0) is 21.6. The largest absolute Gasteiger partial charge is 0.489 e. The van der Waals surface area contributed by atoms with Gasteiger partial charge in [-0.25, -0.2) is 4.79 Å². The molecule has 31 heavy (non-hydrogen) atoms. The number of ether oxygens (including phenoxy) is 3. The summed E-state index contributed by atoms with van der Waals surface area (Å²) < 4.78 is 56.3. The fourth-order valence-electron chi connectivity index (χ4n) is 3.93. The molecule has 4 heterocycles. The molecule has 11 heteroatoms. The van der Waals surface area contributed by atoms with Gasteiger partial charge >= 0.3 is 11.9 Å². The summed E-state index contributed by atoms with van der Waals surface area (Å²) in [7, 11) is 0. The van der Waals surface area contributed by atoms with Gasteiger partial charge in [-0.05, 0) is 18.1 Å². The Bertz CT molecular complexity index is 1080. The minimum Gasteiger partial charge on any atom is -0.489 e. The molecular weight excluding hydrogens is 417 g/mol. The Labute approximate surface area is 174 Å². The summed E-state index contributed by atoms with van der Waals surface area (Å²) >= 11 is 0. The van der Waals surface area contributed by atoms with E-state index in [0.29, 0.717) is 32.9 Å². The molecule has 1 unspecified atom stereocenters. The summed E-state index contributed by atoms with van der Waals surface area (Å²) in [5.74, 6) is 1.28. The molecular formula is C20H19F3N4O4. The number of rotatable bonds is 6.